The molecule has 1 fully saturated rings. The average molecular weight is 369 g/mol. The summed E-state index contributed by atoms with van der Waals surface area (Å²) >= 11 is 1.63. The number of thioether (sulfide) groups is 1. The van der Waals surface area contributed by atoms with Crippen molar-refractivity contribution in [2.24, 2.45) is 12.0 Å². The predicted molar refractivity (Wildman–Crippen MR) is 92.5 cm³/mol. The van der Waals surface area contributed by atoms with E-state index in [0.29, 0.717) is 11.7 Å². The Labute approximate surface area is 147 Å². The van der Waals surface area contributed by atoms with Gasteiger partial charge in [0.25, 0.3) is 0 Å². The molecule has 25 heavy (non-hydrogen) atoms. The summed E-state index contributed by atoms with van der Waals surface area (Å²) in [5, 5.41) is 0.936. The lowest BCUT2D eigenvalue weighted by atomic mass is 10.2. The van der Waals surface area contributed by atoms with Gasteiger partial charge < -0.3 is 10.3 Å². The smallest absolute Gasteiger partial charge is 0.397 e. The minimum Gasteiger partial charge on any atom is -0.397 e. The number of nitrogens with zero attached hydrogens (tertiary/aromatic N) is 4. The maximum atomic E-state index is 12.7. The molecular weight excluding hydrogens is 351 g/mol. The molecule has 0 unspecified atom stereocenters. The Kier molecular flexibility index (Phi) is 4.77. The van der Waals surface area contributed by atoms with Gasteiger partial charge in [-0.25, -0.2) is 9.98 Å². The molecule has 2 N–H and O–H groups in total. The monoisotopic (exact) mass is 369 g/mol. The second-order valence-electron chi connectivity index (χ2n) is 5.82. The molecule has 0 amide bonds. The summed E-state index contributed by atoms with van der Waals surface area (Å²) in [5.74, 6) is 2.89. The van der Waals surface area contributed by atoms with Crippen LogP contribution < -0.4 is 5.73 Å². The summed E-state index contributed by atoms with van der Waals surface area (Å²) in [7, 11) is 1.96. The number of hydrogen-bond acceptors (Lipinski definition) is 5. The molecule has 1 aliphatic rings. The van der Waals surface area contributed by atoms with Gasteiger partial charge in [0, 0.05) is 19.2 Å². The first-order chi connectivity index (χ1) is 11.8. The van der Waals surface area contributed by atoms with Gasteiger partial charge in [-0.2, -0.15) is 13.2 Å². The summed E-state index contributed by atoms with van der Waals surface area (Å²) in [6.45, 7) is 2.04. The highest BCUT2D eigenvalue weighted by Crippen LogP contribution is 2.42. The second-order valence-corrected chi connectivity index (χ2v) is 7.07. The molecule has 2 aromatic rings. The lowest BCUT2D eigenvalue weighted by Gasteiger charge is -2.07. The molecule has 0 atom stereocenters. The Balaban J connectivity index is 1.90. The minimum atomic E-state index is -4.47. The van der Waals surface area contributed by atoms with Crippen LogP contribution in [0.2, 0.25) is 0 Å². The Morgan fingerprint density at radius 1 is 1.44 bits per heavy atom. The summed E-state index contributed by atoms with van der Waals surface area (Å²) in [4.78, 5) is 12.7. The molecule has 2 heterocycles. The lowest BCUT2D eigenvalue weighted by molar-refractivity contribution is -0.137. The molecule has 9 heteroatoms. The summed E-state index contributed by atoms with van der Waals surface area (Å²) in [5.41, 5.74) is 4.94. The van der Waals surface area contributed by atoms with Crippen molar-refractivity contribution in [3.05, 3.63) is 29.3 Å². The van der Waals surface area contributed by atoms with Crippen LogP contribution in [0, 0.1) is 0 Å². The Hall–Kier alpha value is -2.03. The normalized spacial score (nSPS) is 15.2. The zero-order valence-corrected chi connectivity index (χ0v) is 14.7. The average Bonchev–Trinajstić information content (AvgIpc) is 3.33. The fourth-order valence-electron chi connectivity index (χ4n) is 2.45. The number of halogens is 3. The van der Waals surface area contributed by atoms with Crippen LogP contribution in [0.3, 0.4) is 0 Å². The van der Waals surface area contributed by atoms with Gasteiger partial charge in [-0.1, -0.05) is 6.92 Å². The lowest BCUT2D eigenvalue weighted by Crippen LogP contribution is -2.08. The molecule has 0 saturated heterocycles. The van der Waals surface area contributed by atoms with Crippen molar-refractivity contribution in [1.29, 1.82) is 0 Å². The van der Waals surface area contributed by atoms with E-state index >= 15 is 0 Å². The van der Waals surface area contributed by atoms with E-state index < -0.39 is 11.7 Å². The first kappa shape index (κ1) is 17.8. The van der Waals surface area contributed by atoms with E-state index in [9.17, 15) is 13.2 Å². The van der Waals surface area contributed by atoms with Gasteiger partial charge in [-0.3, -0.25) is 4.98 Å². The molecule has 134 valence electrons. The van der Waals surface area contributed by atoms with E-state index in [1.54, 1.807) is 11.8 Å². The first-order valence-corrected chi connectivity index (χ1v) is 8.86. The van der Waals surface area contributed by atoms with E-state index in [1.807, 2.05) is 18.5 Å². The number of pyridine rings is 1. The third-order valence-corrected chi connectivity index (χ3v) is 4.89. The van der Waals surface area contributed by atoms with Crippen LogP contribution in [0.25, 0.3) is 0 Å². The molecule has 1 aliphatic carbocycles. The molecule has 0 aromatic carbocycles. The van der Waals surface area contributed by atoms with E-state index in [0.717, 1.165) is 41.7 Å². The number of nitrogens with two attached hydrogens (primary N) is 1. The maximum absolute atomic E-state index is 12.7. The van der Waals surface area contributed by atoms with Crippen LogP contribution in [0.4, 0.5) is 24.7 Å². The van der Waals surface area contributed by atoms with E-state index in [2.05, 4.69) is 15.0 Å². The Bertz CT molecular complexity index is 809. The fourth-order valence-corrected chi connectivity index (χ4v) is 3.24. The largest absolute Gasteiger partial charge is 0.417 e. The van der Waals surface area contributed by atoms with Crippen molar-refractivity contribution in [1.82, 2.24) is 14.5 Å². The van der Waals surface area contributed by atoms with Crippen molar-refractivity contribution in [3.8, 4) is 0 Å². The van der Waals surface area contributed by atoms with Crippen LogP contribution in [0.1, 0.15) is 42.8 Å². The van der Waals surface area contributed by atoms with Gasteiger partial charge in [0.2, 0.25) is 0 Å². The quantitative estimate of drug-likeness (QED) is 0.635. The van der Waals surface area contributed by atoms with Gasteiger partial charge >= 0.3 is 6.18 Å². The minimum absolute atomic E-state index is 0.0679. The zero-order chi connectivity index (χ0) is 18.2. The number of nitrogen functional groups attached to an aromatic ring is 1. The van der Waals surface area contributed by atoms with Gasteiger partial charge in [-0.05, 0) is 24.7 Å². The molecular formula is C16H18F3N5S. The van der Waals surface area contributed by atoms with E-state index in [1.165, 1.54) is 6.21 Å². The highest BCUT2D eigenvalue weighted by Gasteiger charge is 2.32. The van der Waals surface area contributed by atoms with Gasteiger partial charge in [-0.15, -0.1) is 11.8 Å². The number of aliphatic imine (C=N–C) groups is 1. The molecule has 0 bridgehead atoms. The van der Waals surface area contributed by atoms with Crippen molar-refractivity contribution >= 4 is 29.5 Å². The molecule has 3 rings (SSSR count). The van der Waals surface area contributed by atoms with Gasteiger partial charge in [0.1, 0.15) is 16.5 Å². The number of hydrogen-bond donors (Lipinski definition) is 1. The number of rotatable bonds is 5. The van der Waals surface area contributed by atoms with Crippen LogP contribution >= 0.6 is 11.8 Å². The first-order valence-electron chi connectivity index (χ1n) is 7.87. The highest BCUT2D eigenvalue weighted by molar-refractivity contribution is 7.99. The zero-order valence-electron chi connectivity index (χ0n) is 13.8. The second kappa shape index (κ2) is 6.70. The highest BCUT2D eigenvalue weighted by atomic mass is 32.2. The van der Waals surface area contributed by atoms with Crippen LogP contribution in [-0.4, -0.2) is 26.5 Å². The Morgan fingerprint density at radius 2 is 2.16 bits per heavy atom. The summed E-state index contributed by atoms with van der Waals surface area (Å²) in [6.07, 6.45) is -0.0984. The van der Waals surface area contributed by atoms with Crippen LogP contribution in [0.15, 0.2) is 22.3 Å². The van der Waals surface area contributed by atoms with Crippen molar-refractivity contribution in [2.45, 2.75) is 36.9 Å². The SMILES string of the molecule is CCSc1c(N=Cc2ncc(C(F)(F)F)cc2N)nc(C2CC2)n1C. The predicted octanol–water partition coefficient (Wildman–Crippen LogP) is 4.16. The maximum Gasteiger partial charge on any atom is 0.417 e. The number of imidazole rings is 1. The van der Waals surface area contributed by atoms with Gasteiger partial charge in [0.15, 0.2) is 5.82 Å². The van der Waals surface area contributed by atoms with Crippen LogP contribution in [0.5, 0.6) is 0 Å². The van der Waals surface area contributed by atoms with Crippen molar-refractivity contribution < 1.29 is 13.2 Å². The summed E-state index contributed by atoms with van der Waals surface area (Å²) in [6, 6.07) is 0.865. The molecule has 1 saturated carbocycles. The topological polar surface area (TPSA) is 69.1 Å². The number of aromatic nitrogens is 3. The van der Waals surface area contributed by atoms with Crippen molar-refractivity contribution in [3.63, 3.8) is 0 Å². The van der Waals surface area contributed by atoms with E-state index in [4.69, 9.17) is 5.73 Å². The third kappa shape index (κ3) is 3.81. The standard InChI is InChI=1S/C16H18F3N5S/c1-3-25-15-13(23-14(24(15)2)9-4-5-9)22-8-12-11(20)6-10(7-21-12)16(17,18)19/h6-9H,3-5,20H2,1-2H3. The number of alkyl halides is 3. The molecule has 5 nitrogen and oxygen atoms in total. The van der Waals surface area contributed by atoms with E-state index in [-0.39, 0.29) is 11.4 Å². The molecule has 0 radical (unpaired) electrons. The third-order valence-electron chi connectivity index (χ3n) is 3.87. The summed E-state index contributed by atoms with van der Waals surface area (Å²) < 4.78 is 40.1. The fraction of sp³-hybridized carbons (Fsp3) is 0.438. The number of anilines is 1. The van der Waals surface area contributed by atoms with Gasteiger partial charge in [0.05, 0.1) is 17.5 Å². The van der Waals surface area contributed by atoms with Crippen molar-refractivity contribution in [2.75, 3.05) is 11.5 Å². The molecule has 2 aromatic heterocycles. The molecule has 0 aliphatic heterocycles. The molecule has 0 spiro atoms. The van der Waals surface area contributed by atoms with Crippen LogP contribution in [-0.2, 0) is 13.2 Å². The Morgan fingerprint density at radius 3 is 2.72 bits per heavy atom.